The highest BCUT2D eigenvalue weighted by Crippen LogP contribution is 2.32. The Labute approximate surface area is 147 Å². The smallest absolute Gasteiger partial charge is 0.270 e. The molecule has 0 aromatic heterocycles. The number of nitrogens with two attached hydrogens (primary N) is 1. The quantitative estimate of drug-likeness (QED) is 0.619. The Balaban J connectivity index is 1.64. The van der Waals surface area contributed by atoms with Crippen LogP contribution in [0.1, 0.15) is 43.7 Å². The average Bonchev–Trinajstić information content (AvgIpc) is 3.14. The molecule has 1 heterocycles. The van der Waals surface area contributed by atoms with Crippen molar-refractivity contribution in [2.45, 2.75) is 51.1 Å². The minimum atomic E-state index is -2.82. The largest absolute Gasteiger partial charge is 0.385 e. The molecule has 1 aromatic carbocycles. The Kier molecular flexibility index (Phi) is 5.21. The number of hydrogen-bond donors (Lipinski definition) is 2. The summed E-state index contributed by atoms with van der Waals surface area (Å²) in [5, 5.41) is 3.23. The molecule has 0 radical (unpaired) electrons. The Bertz CT molecular complexity index is 678. The Morgan fingerprint density at radius 1 is 1.24 bits per heavy atom. The van der Waals surface area contributed by atoms with Crippen molar-refractivity contribution in [2.24, 2.45) is 16.6 Å². The van der Waals surface area contributed by atoms with E-state index in [0.29, 0.717) is 18.3 Å². The van der Waals surface area contributed by atoms with E-state index in [1.54, 1.807) is 12.1 Å². The van der Waals surface area contributed by atoms with Crippen LogP contribution in [0.2, 0.25) is 0 Å². The topological polar surface area (TPSA) is 50.4 Å². The van der Waals surface area contributed by atoms with E-state index in [-0.39, 0.29) is 11.6 Å². The van der Waals surface area contributed by atoms with Gasteiger partial charge in [0.2, 0.25) is 0 Å². The van der Waals surface area contributed by atoms with Crippen LogP contribution >= 0.6 is 0 Å². The van der Waals surface area contributed by atoms with Crippen molar-refractivity contribution < 1.29 is 8.78 Å². The fraction of sp³-hybridized carbons (Fsp3) is 0.450. The third kappa shape index (κ3) is 4.47. The van der Waals surface area contributed by atoms with E-state index in [0.717, 1.165) is 12.5 Å². The summed E-state index contributed by atoms with van der Waals surface area (Å²) in [6.07, 6.45) is 11.3. The molecule has 1 saturated carbocycles. The van der Waals surface area contributed by atoms with E-state index in [1.165, 1.54) is 43.4 Å². The molecule has 134 valence electrons. The standard InChI is InChI=1S/C20H25F2N3/c1-20(21,22)17-8-6-14(7-9-17)13-25-19(23)18-12-16(10-11-24-18)15-4-2-3-5-15/h6-12,15,18,24H,2-5,13H2,1H3,(H2,23,25). The summed E-state index contributed by atoms with van der Waals surface area (Å²) in [5.74, 6) is -1.66. The van der Waals surface area contributed by atoms with Gasteiger partial charge in [-0.1, -0.05) is 43.2 Å². The van der Waals surface area contributed by atoms with Crippen LogP contribution in [-0.4, -0.2) is 11.9 Å². The lowest BCUT2D eigenvalue weighted by molar-refractivity contribution is 0.0174. The molecule has 1 unspecified atom stereocenters. The van der Waals surface area contributed by atoms with Crippen LogP contribution < -0.4 is 11.1 Å². The first kappa shape index (κ1) is 17.6. The average molecular weight is 345 g/mol. The molecule has 0 bridgehead atoms. The minimum Gasteiger partial charge on any atom is -0.385 e. The maximum Gasteiger partial charge on any atom is 0.270 e. The molecule has 0 spiro atoms. The molecule has 25 heavy (non-hydrogen) atoms. The molecule has 1 aromatic rings. The third-order valence-corrected chi connectivity index (χ3v) is 4.96. The van der Waals surface area contributed by atoms with Gasteiger partial charge in [-0.15, -0.1) is 0 Å². The number of allylic oxidation sites excluding steroid dienone is 2. The zero-order valence-electron chi connectivity index (χ0n) is 14.5. The Morgan fingerprint density at radius 3 is 2.56 bits per heavy atom. The number of amidine groups is 1. The number of nitrogens with zero attached hydrogens (tertiary/aromatic N) is 1. The molecule has 0 amide bonds. The van der Waals surface area contributed by atoms with Gasteiger partial charge in [-0.05, 0) is 42.2 Å². The van der Waals surface area contributed by atoms with Crippen LogP contribution in [0.3, 0.4) is 0 Å². The number of nitrogens with one attached hydrogen (secondary N) is 1. The molecular weight excluding hydrogens is 320 g/mol. The van der Waals surface area contributed by atoms with E-state index >= 15 is 0 Å². The van der Waals surface area contributed by atoms with E-state index < -0.39 is 5.92 Å². The zero-order valence-corrected chi connectivity index (χ0v) is 14.5. The first-order valence-electron chi connectivity index (χ1n) is 8.85. The first-order chi connectivity index (χ1) is 11.9. The van der Waals surface area contributed by atoms with E-state index in [9.17, 15) is 8.78 Å². The molecule has 1 aliphatic heterocycles. The van der Waals surface area contributed by atoms with Crippen LogP contribution in [0, 0.1) is 5.92 Å². The summed E-state index contributed by atoms with van der Waals surface area (Å²) in [4.78, 5) is 4.44. The van der Waals surface area contributed by atoms with Crippen LogP contribution in [0.5, 0.6) is 0 Å². The van der Waals surface area contributed by atoms with Crippen molar-refractivity contribution in [1.82, 2.24) is 5.32 Å². The fourth-order valence-electron chi connectivity index (χ4n) is 3.43. The van der Waals surface area contributed by atoms with Gasteiger partial charge in [0, 0.05) is 12.5 Å². The molecule has 5 heteroatoms. The van der Waals surface area contributed by atoms with Gasteiger partial charge in [0.1, 0.15) is 11.9 Å². The highest BCUT2D eigenvalue weighted by Gasteiger charge is 2.24. The van der Waals surface area contributed by atoms with Crippen molar-refractivity contribution in [3.8, 4) is 0 Å². The molecule has 1 fully saturated rings. The van der Waals surface area contributed by atoms with E-state index in [4.69, 9.17) is 5.73 Å². The second-order valence-electron chi connectivity index (χ2n) is 6.95. The van der Waals surface area contributed by atoms with E-state index in [2.05, 4.69) is 22.5 Å². The van der Waals surface area contributed by atoms with Crippen molar-refractivity contribution in [2.75, 3.05) is 0 Å². The molecule has 2 aliphatic rings. The van der Waals surface area contributed by atoms with Crippen molar-refractivity contribution in [1.29, 1.82) is 0 Å². The summed E-state index contributed by atoms with van der Waals surface area (Å²) in [6, 6.07) is 6.15. The maximum atomic E-state index is 13.2. The molecular formula is C20H25F2N3. The summed E-state index contributed by atoms with van der Waals surface area (Å²) in [6.45, 7) is 1.28. The number of aliphatic imine (C=N–C) groups is 1. The normalized spacial score (nSPS) is 22.0. The number of rotatable bonds is 5. The van der Waals surface area contributed by atoms with E-state index in [1.807, 2.05) is 6.20 Å². The van der Waals surface area contributed by atoms with Gasteiger partial charge in [-0.2, -0.15) is 0 Å². The molecule has 3 nitrogen and oxygen atoms in total. The Hall–Kier alpha value is -2.17. The summed E-state index contributed by atoms with van der Waals surface area (Å²) < 4.78 is 26.5. The van der Waals surface area contributed by atoms with Gasteiger partial charge < -0.3 is 11.1 Å². The van der Waals surface area contributed by atoms with Gasteiger partial charge in [-0.3, -0.25) is 4.99 Å². The lowest BCUT2D eigenvalue weighted by Gasteiger charge is -2.21. The second-order valence-corrected chi connectivity index (χ2v) is 6.95. The second kappa shape index (κ2) is 7.38. The molecule has 3 N–H and O–H groups in total. The lowest BCUT2D eigenvalue weighted by atomic mass is 9.93. The molecule has 3 rings (SSSR count). The number of halogens is 2. The van der Waals surface area contributed by atoms with Gasteiger partial charge >= 0.3 is 0 Å². The van der Waals surface area contributed by atoms with Crippen LogP contribution in [0.15, 0.2) is 53.2 Å². The predicted octanol–water partition coefficient (Wildman–Crippen LogP) is 4.26. The molecule has 1 aliphatic carbocycles. The highest BCUT2D eigenvalue weighted by molar-refractivity contribution is 5.88. The number of alkyl halides is 2. The minimum absolute atomic E-state index is 0.0106. The summed E-state index contributed by atoms with van der Waals surface area (Å²) in [7, 11) is 0. The van der Waals surface area contributed by atoms with Gasteiger partial charge in [0.05, 0.1) is 6.54 Å². The van der Waals surface area contributed by atoms with Gasteiger partial charge in [-0.25, -0.2) is 8.78 Å². The molecule has 0 saturated heterocycles. The first-order valence-corrected chi connectivity index (χ1v) is 8.85. The van der Waals surface area contributed by atoms with Crippen LogP contribution in [0.4, 0.5) is 8.78 Å². The Morgan fingerprint density at radius 2 is 1.92 bits per heavy atom. The van der Waals surface area contributed by atoms with Gasteiger partial charge in [0.15, 0.2) is 0 Å². The number of dihydropyridines is 1. The summed E-state index contributed by atoms with van der Waals surface area (Å²) >= 11 is 0. The fourth-order valence-corrected chi connectivity index (χ4v) is 3.43. The zero-order chi connectivity index (χ0) is 17.9. The number of hydrogen-bond acceptors (Lipinski definition) is 2. The molecule has 1 atom stereocenters. The maximum absolute atomic E-state index is 13.2. The summed E-state index contributed by atoms with van der Waals surface area (Å²) in [5.41, 5.74) is 8.36. The monoisotopic (exact) mass is 345 g/mol. The SMILES string of the molecule is CC(F)(F)c1ccc(CN=C(N)C2C=C(C3CCCC3)C=CN2)cc1. The van der Waals surface area contributed by atoms with Crippen LogP contribution in [0.25, 0.3) is 0 Å². The number of benzene rings is 1. The highest BCUT2D eigenvalue weighted by atomic mass is 19.3. The third-order valence-electron chi connectivity index (χ3n) is 4.96. The predicted molar refractivity (Wildman–Crippen MR) is 97.4 cm³/mol. The van der Waals surface area contributed by atoms with Gasteiger partial charge in [0.25, 0.3) is 5.92 Å². The van der Waals surface area contributed by atoms with Crippen LogP contribution in [-0.2, 0) is 12.5 Å². The van der Waals surface area contributed by atoms with Crippen molar-refractivity contribution >= 4 is 5.84 Å². The lowest BCUT2D eigenvalue weighted by Crippen LogP contribution is -2.39. The van der Waals surface area contributed by atoms with Crippen molar-refractivity contribution in [3.63, 3.8) is 0 Å². The van der Waals surface area contributed by atoms with Crippen molar-refractivity contribution in [3.05, 3.63) is 59.3 Å².